The van der Waals surface area contributed by atoms with E-state index in [1.54, 1.807) is 0 Å². The molecule has 0 fully saturated rings. The molecular formula is C27H16Cl2N6OS. The van der Waals surface area contributed by atoms with Gasteiger partial charge >= 0.3 is 0 Å². The lowest BCUT2D eigenvalue weighted by Gasteiger charge is -2.13. The molecule has 0 radical (unpaired) electrons. The predicted octanol–water partition coefficient (Wildman–Crippen LogP) is 6.29. The van der Waals surface area contributed by atoms with Crippen LogP contribution in [0.3, 0.4) is 0 Å². The number of halogens is 2. The number of hydrogen-bond acceptors (Lipinski definition) is 7. The Hall–Kier alpha value is -3.85. The van der Waals surface area contributed by atoms with Crippen LogP contribution < -0.4 is 11.3 Å². The number of nitrogens with two attached hydrogens (primary N) is 1. The van der Waals surface area contributed by atoms with Crippen molar-refractivity contribution in [1.29, 1.82) is 0 Å². The molecule has 0 atom stereocenters. The Morgan fingerprint density at radius 2 is 1.68 bits per heavy atom. The van der Waals surface area contributed by atoms with Crippen LogP contribution in [0.5, 0.6) is 0 Å². The number of aromatic nitrogens is 5. The van der Waals surface area contributed by atoms with Crippen molar-refractivity contribution >= 4 is 78.3 Å². The molecule has 0 saturated heterocycles. The molecule has 0 saturated carbocycles. The summed E-state index contributed by atoms with van der Waals surface area (Å²) >= 11 is 13.6. The number of pyridine rings is 1. The summed E-state index contributed by atoms with van der Waals surface area (Å²) in [5, 5.41) is 1.75. The fourth-order valence-electron chi connectivity index (χ4n) is 4.94. The fourth-order valence-corrected chi connectivity index (χ4v) is 6.16. The molecule has 4 heterocycles. The van der Waals surface area contributed by atoms with E-state index in [1.807, 2.05) is 48.5 Å². The lowest BCUT2D eigenvalue weighted by molar-refractivity contribution is 1.07. The van der Waals surface area contributed by atoms with Gasteiger partial charge in [-0.2, -0.15) is 4.98 Å². The minimum atomic E-state index is -0.236. The van der Waals surface area contributed by atoms with Gasteiger partial charge in [-0.1, -0.05) is 58.8 Å². The smallest absolute Gasteiger partial charge is 0.270 e. The Morgan fingerprint density at radius 3 is 2.43 bits per heavy atom. The van der Waals surface area contributed by atoms with E-state index in [-0.39, 0.29) is 5.56 Å². The van der Waals surface area contributed by atoms with E-state index >= 15 is 0 Å². The standard InChI is InChI=1S/C27H16Cl2N6OS/c28-16-6-1-13(2-7-16)11-15-5-10-18-19(14-3-8-17(29)9-4-14)20-24(33-21(15)18)34-27-35(26(20)36)25-22(37-27)23(30)31-12-32-25/h1-4,6-9,11-12H,5,10H2,(H2,30,31,32)/b15-11+. The van der Waals surface area contributed by atoms with Gasteiger partial charge in [0, 0.05) is 15.6 Å². The van der Waals surface area contributed by atoms with Crippen molar-refractivity contribution in [3.63, 3.8) is 0 Å². The summed E-state index contributed by atoms with van der Waals surface area (Å²) in [7, 11) is 0. The molecule has 1 aliphatic carbocycles. The topological polar surface area (TPSA) is 99.1 Å². The van der Waals surface area contributed by atoms with Crippen LogP contribution in [0.1, 0.15) is 23.2 Å². The van der Waals surface area contributed by atoms with Gasteiger partial charge in [0.1, 0.15) is 16.8 Å². The highest BCUT2D eigenvalue weighted by Crippen LogP contribution is 2.41. The maximum Gasteiger partial charge on any atom is 0.270 e. The first-order valence-electron chi connectivity index (χ1n) is 11.5. The molecule has 2 N–H and O–H groups in total. The van der Waals surface area contributed by atoms with Crippen molar-refractivity contribution in [3.05, 3.63) is 92.1 Å². The van der Waals surface area contributed by atoms with Crippen LogP contribution in [0.15, 0.2) is 59.7 Å². The number of thiazole rings is 1. The summed E-state index contributed by atoms with van der Waals surface area (Å²) in [6, 6.07) is 15.2. The van der Waals surface area contributed by atoms with Gasteiger partial charge in [-0.3, -0.25) is 4.79 Å². The number of anilines is 1. The van der Waals surface area contributed by atoms with E-state index in [0.29, 0.717) is 42.2 Å². The molecule has 0 aliphatic heterocycles. The molecule has 7 nitrogen and oxygen atoms in total. The molecule has 6 aromatic rings. The average molecular weight is 543 g/mol. The van der Waals surface area contributed by atoms with E-state index in [9.17, 15) is 4.79 Å². The highest BCUT2D eigenvalue weighted by atomic mass is 35.5. The number of benzene rings is 2. The second-order valence-corrected chi connectivity index (χ2v) is 10.6. The molecule has 37 heavy (non-hydrogen) atoms. The van der Waals surface area contributed by atoms with Gasteiger partial charge in [0.2, 0.25) is 4.96 Å². The molecule has 0 amide bonds. The zero-order valence-corrected chi connectivity index (χ0v) is 21.4. The van der Waals surface area contributed by atoms with E-state index in [4.69, 9.17) is 38.9 Å². The summed E-state index contributed by atoms with van der Waals surface area (Å²) < 4.78 is 2.12. The molecule has 1 aliphatic rings. The lowest BCUT2D eigenvalue weighted by atomic mass is 9.96. The third-order valence-corrected chi connectivity index (χ3v) is 8.15. The summed E-state index contributed by atoms with van der Waals surface area (Å²) in [5.74, 6) is 0.311. The first-order chi connectivity index (χ1) is 18.0. The molecule has 7 rings (SSSR count). The molecule has 4 aromatic heterocycles. The van der Waals surface area contributed by atoms with Crippen LogP contribution in [0.2, 0.25) is 10.0 Å². The number of nitrogen functional groups attached to an aromatic ring is 1. The maximum atomic E-state index is 14.1. The quantitative estimate of drug-likeness (QED) is 0.276. The molecule has 0 spiro atoms. The zero-order valence-electron chi connectivity index (χ0n) is 19.1. The molecule has 10 heteroatoms. The van der Waals surface area contributed by atoms with Crippen LogP contribution >= 0.6 is 34.5 Å². The Balaban J connectivity index is 1.59. The average Bonchev–Trinajstić information content (AvgIpc) is 3.47. The Bertz CT molecular complexity index is 1980. The van der Waals surface area contributed by atoms with Crippen molar-refractivity contribution < 1.29 is 0 Å². The Labute approximate surface area is 223 Å². The number of hydrogen-bond donors (Lipinski definition) is 1. The minimum Gasteiger partial charge on any atom is -0.382 e. The highest BCUT2D eigenvalue weighted by Gasteiger charge is 2.28. The molecule has 2 aromatic carbocycles. The fraction of sp³-hybridized carbons (Fsp3) is 0.0741. The Kier molecular flexibility index (Phi) is 5.04. The van der Waals surface area contributed by atoms with Gasteiger partial charge in [-0.15, -0.1) is 0 Å². The third-order valence-electron chi connectivity index (χ3n) is 6.60. The van der Waals surface area contributed by atoms with Crippen LogP contribution in [-0.4, -0.2) is 24.3 Å². The van der Waals surface area contributed by atoms with Crippen LogP contribution in [0.4, 0.5) is 5.82 Å². The van der Waals surface area contributed by atoms with E-state index in [1.165, 1.54) is 22.1 Å². The Morgan fingerprint density at radius 1 is 0.946 bits per heavy atom. The van der Waals surface area contributed by atoms with Crippen molar-refractivity contribution in [1.82, 2.24) is 24.3 Å². The molecule has 180 valence electrons. The van der Waals surface area contributed by atoms with Gasteiger partial charge in [0.15, 0.2) is 11.3 Å². The van der Waals surface area contributed by atoms with Crippen molar-refractivity contribution in [3.8, 4) is 11.1 Å². The third kappa shape index (κ3) is 3.52. The van der Waals surface area contributed by atoms with Gasteiger partial charge < -0.3 is 5.73 Å². The van der Waals surface area contributed by atoms with Gasteiger partial charge in [-0.25, -0.2) is 19.4 Å². The van der Waals surface area contributed by atoms with Gasteiger partial charge in [0.25, 0.3) is 5.56 Å². The van der Waals surface area contributed by atoms with Crippen LogP contribution in [-0.2, 0) is 6.42 Å². The summed E-state index contributed by atoms with van der Waals surface area (Å²) in [6.45, 7) is 0. The van der Waals surface area contributed by atoms with Crippen molar-refractivity contribution in [2.45, 2.75) is 12.8 Å². The SMILES string of the molecule is Nc1ncnc2c1sc1nc3nc4c(c(-c5ccc(Cl)cc5)c3c(=O)n12)CC/C4=C\c1ccc(Cl)cc1. The van der Waals surface area contributed by atoms with Gasteiger partial charge in [0.05, 0.1) is 11.1 Å². The number of fused-ring (bicyclic) bond motifs is 5. The summed E-state index contributed by atoms with van der Waals surface area (Å²) in [4.78, 5) is 32.7. The van der Waals surface area contributed by atoms with Crippen molar-refractivity contribution in [2.24, 2.45) is 0 Å². The minimum absolute atomic E-state index is 0.236. The maximum absolute atomic E-state index is 14.1. The zero-order chi connectivity index (χ0) is 25.3. The predicted molar refractivity (Wildman–Crippen MR) is 150 cm³/mol. The van der Waals surface area contributed by atoms with E-state index in [0.717, 1.165) is 46.4 Å². The summed E-state index contributed by atoms with van der Waals surface area (Å²) in [6.07, 6.45) is 5.02. The number of rotatable bonds is 2. The molecule has 0 bridgehead atoms. The van der Waals surface area contributed by atoms with Gasteiger partial charge in [-0.05, 0) is 65.4 Å². The molecule has 0 unspecified atom stereocenters. The van der Waals surface area contributed by atoms with E-state index < -0.39 is 0 Å². The molecular weight excluding hydrogens is 527 g/mol. The largest absolute Gasteiger partial charge is 0.382 e. The number of nitrogens with zero attached hydrogens (tertiary/aromatic N) is 5. The summed E-state index contributed by atoms with van der Waals surface area (Å²) in [5.41, 5.74) is 12.4. The lowest BCUT2D eigenvalue weighted by Crippen LogP contribution is -2.17. The normalized spacial score (nSPS) is 14.3. The van der Waals surface area contributed by atoms with Crippen molar-refractivity contribution in [2.75, 3.05) is 5.73 Å². The second kappa shape index (κ2) is 8.34. The van der Waals surface area contributed by atoms with E-state index in [2.05, 4.69) is 16.0 Å². The first kappa shape index (κ1) is 22.4. The highest BCUT2D eigenvalue weighted by molar-refractivity contribution is 7.24. The second-order valence-electron chi connectivity index (χ2n) is 8.79. The monoisotopic (exact) mass is 542 g/mol. The van der Waals surface area contributed by atoms with Crippen LogP contribution in [0, 0.1) is 0 Å². The number of allylic oxidation sites excluding steroid dienone is 1. The van der Waals surface area contributed by atoms with Crippen LogP contribution in [0.25, 0.3) is 49.1 Å². The first-order valence-corrected chi connectivity index (χ1v) is 13.1.